The third-order valence-electron chi connectivity index (χ3n) is 4.34. The summed E-state index contributed by atoms with van der Waals surface area (Å²) >= 11 is 5.72. The van der Waals surface area contributed by atoms with Crippen LogP contribution >= 0.6 is 11.6 Å². The van der Waals surface area contributed by atoms with E-state index in [1.807, 2.05) is 0 Å². The molecule has 0 fully saturated rings. The van der Waals surface area contributed by atoms with Crippen molar-refractivity contribution in [3.05, 3.63) is 53.5 Å². The van der Waals surface area contributed by atoms with E-state index in [9.17, 15) is 8.78 Å². The third kappa shape index (κ3) is 3.28. The molecule has 0 bridgehead atoms. The molecular weight excluding hydrogens is 416 g/mol. The number of aromatic nitrogens is 6. The average Bonchev–Trinajstić information content (AvgIpc) is 3.25. The predicted octanol–water partition coefficient (Wildman–Crippen LogP) is 3.65. The lowest BCUT2D eigenvalue weighted by atomic mass is 10.1. The summed E-state index contributed by atoms with van der Waals surface area (Å²) in [6.07, 6.45) is 3.52. The van der Waals surface area contributed by atoms with Crippen LogP contribution in [0.3, 0.4) is 0 Å². The first-order valence-electron chi connectivity index (χ1n) is 10.0. The fourth-order valence-corrected chi connectivity index (χ4v) is 3.08. The van der Waals surface area contributed by atoms with E-state index in [4.69, 9.17) is 26.2 Å². The second-order valence-electron chi connectivity index (χ2n) is 6.80. The van der Waals surface area contributed by atoms with Crippen molar-refractivity contribution in [2.24, 2.45) is 6.98 Å². The first kappa shape index (κ1) is 16.4. The molecule has 3 heterocycles. The van der Waals surface area contributed by atoms with Gasteiger partial charge in [-0.1, -0.05) is 11.6 Å². The molecule has 4 rings (SSSR count). The minimum atomic E-state index is -2.50. The summed E-state index contributed by atoms with van der Waals surface area (Å²) in [4.78, 5) is 16.4. The predicted molar refractivity (Wildman–Crippen MR) is 107 cm³/mol. The zero-order valence-electron chi connectivity index (χ0n) is 18.7. The van der Waals surface area contributed by atoms with Crippen LogP contribution in [0.5, 0.6) is 5.75 Å². The maximum absolute atomic E-state index is 14.7. The number of nitrogen functional groups attached to an aromatic ring is 1. The molecule has 0 saturated carbocycles. The quantitative estimate of drug-likeness (QED) is 0.489. The number of aryl methyl sites for hydroxylation is 1. The van der Waals surface area contributed by atoms with E-state index in [1.54, 1.807) is 13.8 Å². The standard InChI is InChI=1S/C19H16ClF2N7O/c1-19(2,18-27-8-29(3)28-18)30-11-6-24-15(16-12(11)17(23)26-7-25-16)9-4-5-10(21)13(20)14(9)22/h4-8H,1-3H3,(H2,23,25,26)/i3D3. The maximum Gasteiger partial charge on any atom is 0.193 e. The fraction of sp³-hybridized carbons (Fsp3) is 0.211. The molecule has 0 atom stereocenters. The highest BCUT2D eigenvalue weighted by atomic mass is 35.5. The van der Waals surface area contributed by atoms with Crippen LogP contribution in [-0.2, 0) is 12.6 Å². The molecule has 0 aliphatic carbocycles. The van der Waals surface area contributed by atoms with Gasteiger partial charge in [0.15, 0.2) is 23.0 Å². The van der Waals surface area contributed by atoms with E-state index < -0.39 is 29.2 Å². The van der Waals surface area contributed by atoms with Gasteiger partial charge in [-0.05, 0) is 26.0 Å². The molecule has 0 aliphatic rings. The van der Waals surface area contributed by atoms with E-state index in [0.717, 1.165) is 17.1 Å². The molecule has 0 unspecified atom stereocenters. The van der Waals surface area contributed by atoms with Gasteiger partial charge in [0.1, 0.15) is 34.8 Å². The Bertz CT molecular complexity index is 1380. The van der Waals surface area contributed by atoms with Gasteiger partial charge >= 0.3 is 0 Å². The lowest BCUT2D eigenvalue weighted by Gasteiger charge is -2.24. The molecule has 0 saturated heterocycles. The molecule has 0 spiro atoms. The SMILES string of the molecule is [2H]C([2H])([2H])n1cnc(C(C)(C)Oc2cnc(-c3ccc(F)c(Cl)c3F)c3ncnc(N)c23)n1. The number of nitrogens with two attached hydrogens (primary N) is 1. The molecule has 4 aromatic rings. The lowest BCUT2D eigenvalue weighted by molar-refractivity contribution is 0.0999. The molecule has 3 aromatic heterocycles. The number of pyridine rings is 1. The number of anilines is 1. The monoisotopic (exact) mass is 434 g/mol. The number of hydrogen-bond donors (Lipinski definition) is 1. The number of hydrogen-bond acceptors (Lipinski definition) is 7. The molecule has 8 nitrogen and oxygen atoms in total. The van der Waals surface area contributed by atoms with Crippen LogP contribution in [-0.4, -0.2) is 29.7 Å². The summed E-state index contributed by atoms with van der Waals surface area (Å²) in [6.45, 7) is 0.729. The molecule has 0 radical (unpaired) electrons. The van der Waals surface area contributed by atoms with Crippen LogP contribution in [0.25, 0.3) is 22.2 Å². The van der Waals surface area contributed by atoms with E-state index in [1.165, 1.54) is 18.6 Å². The van der Waals surface area contributed by atoms with Gasteiger partial charge in [-0.25, -0.2) is 28.7 Å². The van der Waals surface area contributed by atoms with Crippen molar-refractivity contribution in [1.29, 1.82) is 0 Å². The Labute approximate surface area is 178 Å². The molecule has 2 N–H and O–H groups in total. The topological polar surface area (TPSA) is 105 Å². The van der Waals surface area contributed by atoms with Crippen molar-refractivity contribution in [2.75, 3.05) is 5.73 Å². The Morgan fingerprint density at radius 1 is 1.20 bits per heavy atom. The summed E-state index contributed by atoms with van der Waals surface area (Å²) in [5.41, 5.74) is 4.94. The van der Waals surface area contributed by atoms with Crippen LogP contribution in [0.4, 0.5) is 14.6 Å². The van der Waals surface area contributed by atoms with Gasteiger partial charge in [0, 0.05) is 16.7 Å². The van der Waals surface area contributed by atoms with Crippen molar-refractivity contribution in [3.63, 3.8) is 0 Å². The summed E-state index contributed by atoms with van der Waals surface area (Å²) in [5, 5.41) is 3.52. The lowest BCUT2D eigenvalue weighted by Crippen LogP contribution is -2.27. The van der Waals surface area contributed by atoms with Crippen molar-refractivity contribution in [3.8, 4) is 17.0 Å². The zero-order valence-corrected chi connectivity index (χ0v) is 16.4. The highest BCUT2D eigenvalue weighted by Crippen LogP contribution is 2.38. The summed E-state index contributed by atoms with van der Waals surface area (Å²) in [7, 11) is 0. The van der Waals surface area contributed by atoms with Gasteiger partial charge in [-0.15, -0.1) is 0 Å². The van der Waals surface area contributed by atoms with Crippen molar-refractivity contribution in [2.45, 2.75) is 19.4 Å². The Morgan fingerprint density at radius 3 is 2.73 bits per heavy atom. The Morgan fingerprint density at radius 2 is 2.00 bits per heavy atom. The van der Waals surface area contributed by atoms with Crippen LogP contribution in [0.15, 0.2) is 31.0 Å². The third-order valence-corrected chi connectivity index (χ3v) is 4.69. The molecule has 154 valence electrons. The summed E-state index contributed by atoms with van der Waals surface area (Å²) < 4.78 is 57.4. The van der Waals surface area contributed by atoms with Crippen molar-refractivity contribution in [1.82, 2.24) is 29.7 Å². The first-order chi connectivity index (χ1) is 15.4. The minimum Gasteiger partial charge on any atom is -0.477 e. The van der Waals surface area contributed by atoms with Gasteiger partial charge in [-0.2, -0.15) is 5.10 Å². The van der Waals surface area contributed by atoms with E-state index in [2.05, 4.69) is 25.0 Å². The summed E-state index contributed by atoms with van der Waals surface area (Å²) in [5.74, 6) is -1.69. The van der Waals surface area contributed by atoms with E-state index in [-0.39, 0.29) is 39.6 Å². The Hall–Kier alpha value is -3.40. The number of ether oxygens (including phenoxy) is 1. The number of fused-ring (bicyclic) bond motifs is 1. The Balaban J connectivity index is 1.83. The largest absolute Gasteiger partial charge is 0.477 e. The number of halogens is 3. The summed E-state index contributed by atoms with van der Waals surface area (Å²) in [6, 6.07) is 2.20. The molecule has 0 amide bonds. The smallest absolute Gasteiger partial charge is 0.193 e. The van der Waals surface area contributed by atoms with Crippen molar-refractivity contribution >= 4 is 28.3 Å². The van der Waals surface area contributed by atoms with Crippen LogP contribution in [0.2, 0.25) is 5.02 Å². The molecule has 30 heavy (non-hydrogen) atoms. The average molecular weight is 435 g/mol. The Kier molecular flexibility index (Phi) is 3.90. The fourth-order valence-electron chi connectivity index (χ4n) is 2.91. The van der Waals surface area contributed by atoms with E-state index in [0.29, 0.717) is 0 Å². The van der Waals surface area contributed by atoms with Crippen molar-refractivity contribution < 1.29 is 17.6 Å². The van der Waals surface area contributed by atoms with Gasteiger partial charge in [0.05, 0.1) is 17.3 Å². The highest BCUT2D eigenvalue weighted by molar-refractivity contribution is 6.31. The maximum atomic E-state index is 14.7. The number of rotatable bonds is 4. The first-order valence-corrected chi connectivity index (χ1v) is 8.92. The normalized spacial score (nSPS) is 13.7. The second-order valence-corrected chi connectivity index (χ2v) is 7.18. The zero-order chi connectivity index (χ0) is 24.1. The van der Waals surface area contributed by atoms with E-state index >= 15 is 0 Å². The van der Waals surface area contributed by atoms with Gasteiger partial charge in [0.2, 0.25) is 0 Å². The van der Waals surface area contributed by atoms with Crippen LogP contribution in [0, 0.1) is 11.6 Å². The van der Waals surface area contributed by atoms with Gasteiger partial charge in [0.25, 0.3) is 0 Å². The minimum absolute atomic E-state index is 0.0176. The molecule has 1 aromatic carbocycles. The van der Waals surface area contributed by atoms with Gasteiger partial charge in [-0.3, -0.25) is 4.68 Å². The molecule has 0 aliphatic heterocycles. The van der Waals surface area contributed by atoms with Crippen LogP contribution in [0.1, 0.15) is 23.8 Å². The number of benzene rings is 1. The molecule has 11 heteroatoms. The second kappa shape index (κ2) is 7.13. The van der Waals surface area contributed by atoms with Gasteiger partial charge < -0.3 is 10.5 Å². The molecular formula is C19H16ClF2N7O. The van der Waals surface area contributed by atoms with Crippen LogP contribution < -0.4 is 10.5 Å². The number of nitrogens with zero attached hydrogens (tertiary/aromatic N) is 6. The highest BCUT2D eigenvalue weighted by Gasteiger charge is 2.29.